The fraction of sp³-hybridized carbons (Fsp3) is 0.545. The van der Waals surface area contributed by atoms with Crippen LogP contribution in [0.1, 0.15) is 74.1 Å². The Bertz CT molecular complexity index is 871. The Labute approximate surface area is 178 Å². The van der Waals surface area contributed by atoms with Crippen molar-refractivity contribution in [1.82, 2.24) is 20.3 Å². The van der Waals surface area contributed by atoms with Crippen LogP contribution in [0.2, 0.25) is 0 Å². The first-order valence-electron chi connectivity index (χ1n) is 10.7. The number of hydrogen-bond donors (Lipinski definition) is 3. The van der Waals surface area contributed by atoms with Crippen LogP contribution >= 0.6 is 0 Å². The van der Waals surface area contributed by atoms with Crippen molar-refractivity contribution in [2.75, 3.05) is 30.4 Å². The number of amides is 1. The highest BCUT2D eigenvalue weighted by molar-refractivity contribution is 5.99. The maximum atomic E-state index is 12.4. The second-order valence-electron chi connectivity index (χ2n) is 8.50. The Hall–Kier alpha value is -2.74. The van der Waals surface area contributed by atoms with Crippen LogP contribution in [0.15, 0.2) is 18.3 Å². The van der Waals surface area contributed by atoms with Crippen molar-refractivity contribution in [3.63, 3.8) is 0 Å². The van der Waals surface area contributed by atoms with Gasteiger partial charge in [-0.2, -0.15) is 4.98 Å². The van der Waals surface area contributed by atoms with Gasteiger partial charge in [0, 0.05) is 49.5 Å². The standard InChI is InChI=1S/C22H33N7O/c1-13(2)18-9-16(10-19(27-18)14(3)4)26-20-17(21(30)24-5)11-25-22(28-20)29-8-6-7-15(23)12-29/h9-11,13-15H,6-8,12,23H2,1-5H3,(H,24,30)(H,25,26,27,28)/t15-/m0/s1. The van der Waals surface area contributed by atoms with E-state index in [2.05, 4.69) is 48.2 Å². The van der Waals surface area contributed by atoms with E-state index in [1.54, 1.807) is 13.2 Å². The van der Waals surface area contributed by atoms with Crippen LogP contribution in [-0.4, -0.2) is 47.0 Å². The Balaban J connectivity index is 2.00. The molecule has 0 spiro atoms. The molecule has 0 bridgehead atoms. The number of piperidine rings is 1. The van der Waals surface area contributed by atoms with Crippen molar-refractivity contribution in [3.05, 3.63) is 35.3 Å². The van der Waals surface area contributed by atoms with E-state index in [4.69, 9.17) is 15.7 Å². The van der Waals surface area contributed by atoms with E-state index < -0.39 is 0 Å². The molecule has 4 N–H and O–H groups in total. The highest BCUT2D eigenvalue weighted by atomic mass is 16.1. The van der Waals surface area contributed by atoms with Crippen LogP contribution in [0.4, 0.5) is 17.5 Å². The van der Waals surface area contributed by atoms with Crippen LogP contribution in [0.3, 0.4) is 0 Å². The number of nitrogens with one attached hydrogen (secondary N) is 2. The third-order valence-corrected chi connectivity index (χ3v) is 5.30. The Morgan fingerprint density at radius 1 is 1.17 bits per heavy atom. The maximum absolute atomic E-state index is 12.4. The molecule has 1 amide bonds. The van der Waals surface area contributed by atoms with Crippen LogP contribution in [-0.2, 0) is 0 Å². The summed E-state index contributed by atoms with van der Waals surface area (Å²) in [6, 6.07) is 4.14. The minimum Gasteiger partial charge on any atom is -0.355 e. The van der Waals surface area contributed by atoms with Crippen LogP contribution in [0.5, 0.6) is 0 Å². The third-order valence-electron chi connectivity index (χ3n) is 5.30. The zero-order valence-electron chi connectivity index (χ0n) is 18.6. The van der Waals surface area contributed by atoms with E-state index in [0.29, 0.717) is 35.7 Å². The van der Waals surface area contributed by atoms with Gasteiger partial charge < -0.3 is 21.3 Å². The molecule has 3 rings (SSSR count). The lowest BCUT2D eigenvalue weighted by atomic mass is 10.0. The minimum absolute atomic E-state index is 0.111. The van der Waals surface area contributed by atoms with Gasteiger partial charge >= 0.3 is 0 Å². The van der Waals surface area contributed by atoms with E-state index in [1.807, 2.05) is 12.1 Å². The molecular weight excluding hydrogens is 378 g/mol. The fourth-order valence-electron chi connectivity index (χ4n) is 3.49. The molecule has 2 aromatic rings. The number of carbonyl (C=O) groups excluding carboxylic acids is 1. The predicted octanol–water partition coefficient (Wildman–Crippen LogP) is 3.15. The van der Waals surface area contributed by atoms with Crippen LogP contribution in [0, 0.1) is 0 Å². The third kappa shape index (κ3) is 5.05. The number of nitrogens with zero attached hydrogens (tertiary/aromatic N) is 4. The molecule has 2 aromatic heterocycles. The molecule has 1 fully saturated rings. The lowest BCUT2D eigenvalue weighted by Crippen LogP contribution is -2.43. The van der Waals surface area contributed by atoms with Crippen LogP contribution < -0.4 is 21.3 Å². The molecule has 0 saturated carbocycles. The number of anilines is 3. The predicted molar refractivity (Wildman–Crippen MR) is 121 cm³/mol. The number of aromatic nitrogens is 3. The summed E-state index contributed by atoms with van der Waals surface area (Å²) in [5.41, 5.74) is 9.40. The highest BCUT2D eigenvalue weighted by Crippen LogP contribution is 2.27. The van der Waals surface area contributed by atoms with Gasteiger partial charge in [-0.15, -0.1) is 0 Å². The molecule has 1 aliphatic heterocycles. The van der Waals surface area contributed by atoms with E-state index in [9.17, 15) is 4.79 Å². The molecule has 0 aromatic carbocycles. The first-order valence-corrected chi connectivity index (χ1v) is 10.7. The van der Waals surface area contributed by atoms with E-state index in [0.717, 1.165) is 36.5 Å². The summed E-state index contributed by atoms with van der Waals surface area (Å²) in [4.78, 5) is 28.4. The van der Waals surface area contributed by atoms with Gasteiger partial charge in [-0.25, -0.2) is 4.98 Å². The van der Waals surface area contributed by atoms with Gasteiger partial charge in [0.25, 0.3) is 5.91 Å². The van der Waals surface area contributed by atoms with Gasteiger partial charge in [-0.3, -0.25) is 9.78 Å². The Morgan fingerprint density at radius 2 is 1.83 bits per heavy atom. The zero-order valence-corrected chi connectivity index (χ0v) is 18.6. The smallest absolute Gasteiger partial charge is 0.256 e. The lowest BCUT2D eigenvalue weighted by Gasteiger charge is -2.31. The SMILES string of the molecule is CNC(=O)c1cnc(N2CCC[C@H](N)C2)nc1Nc1cc(C(C)C)nc(C(C)C)c1. The topological polar surface area (TPSA) is 109 Å². The summed E-state index contributed by atoms with van der Waals surface area (Å²) in [7, 11) is 1.60. The van der Waals surface area contributed by atoms with Gasteiger partial charge in [0.15, 0.2) is 0 Å². The number of pyridine rings is 1. The first kappa shape index (κ1) is 22.0. The quantitative estimate of drug-likeness (QED) is 0.670. The minimum atomic E-state index is -0.235. The summed E-state index contributed by atoms with van der Waals surface area (Å²) < 4.78 is 0. The van der Waals surface area contributed by atoms with E-state index >= 15 is 0 Å². The zero-order chi connectivity index (χ0) is 21.8. The molecule has 30 heavy (non-hydrogen) atoms. The lowest BCUT2D eigenvalue weighted by molar-refractivity contribution is 0.0963. The molecule has 0 radical (unpaired) electrons. The van der Waals surface area contributed by atoms with Crippen molar-refractivity contribution in [3.8, 4) is 0 Å². The average molecular weight is 412 g/mol. The van der Waals surface area contributed by atoms with E-state index in [1.165, 1.54) is 0 Å². The largest absolute Gasteiger partial charge is 0.355 e. The van der Waals surface area contributed by atoms with Crippen molar-refractivity contribution in [2.24, 2.45) is 5.73 Å². The number of nitrogens with two attached hydrogens (primary N) is 1. The Morgan fingerprint density at radius 3 is 2.40 bits per heavy atom. The summed E-state index contributed by atoms with van der Waals surface area (Å²) >= 11 is 0. The number of carbonyl (C=O) groups is 1. The van der Waals surface area contributed by atoms with Crippen molar-refractivity contribution >= 4 is 23.4 Å². The van der Waals surface area contributed by atoms with Gasteiger partial charge in [-0.05, 0) is 36.8 Å². The van der Waals surface area contributed by atoms with Crippen molar-refractivity contribution < 1.29 is 4.79 Å². The summed E-state index contributed by atoms with van der Waals surface area (Å²) in [5.74, 6) is 1.41. The molecule has 1 saturated heterocycles. The average Bonchev–Trinajstić information content (AvgIpc) is 2.72. The number of hydrogen-bond acceptors (Lipinski definition) is 7. The van der Waals surface area contributed by atoms with Crippen LogP contribution in [0.25, 0.3) is 0 Å². The molecule has 1 atom stereocenters. The maximum Gasteiger partial charge on any atom is 0.256 e. The number of rotatable bonds is 6. The normalized spacial score (nSPS) is 16.8. The summed E-state index contributed by atoms with van der Waals surface area (Å²) in [6.07, 6.45) is 3.59. The van der Waals surface area contributed by atoms with E-state index in [-0.39, 0.29) is 11.9 Å². The monoisotopic (exact) mass is 411 g/mol. The van der Waals surface area contributed by atoms with Gasteiger partial charge in [0.1, 0.15) is 11.4 Å². The van der Waals surface area contributed by atoms with Crippen molar-refractivity contribution in [2.45, 2.75) is 58.4 Å². The van der Waals surface area contributed by atoms with Crippen molar-refractivity contribution in [1.29, 1.82) is 0 Å². The van der Waals surface area contributed by atoms with Gasteiger partial charge in [0.2, 0.25) is 5.95 Å². The first-order chi connectivity index (χ1) is 14.3. The molecular formula is C22H33N7O. The second kappa shape index (κ2) is 9.38. The Kier molecular flexibility index (Phi) is 6.87. The fourth-order valence-corrected chi connectivity index (χ4v) is 3.49. The summed E-state index contributed by atoms with van der Waals surface area (Å²) in [6.45, 7) is 10.0. The summed E-state index contributed by atoms with van der Waals surface area (Å²) in [5, 5.41) is 6.03. The van der Waals surface area contributed by atoms with Gasteiger partial charge in [0.05, 0.1) is 0 Å². The molecule has 8 heteroatoms. The molecule has 0 unspecified atom stereocenters. The second-order valence-corrected chi connectivity index (χ2v) is 8.50. The molecule has 1 aliphatic rings. The molecule has 8 nitrogen and oxygen atoms in total. The molecule has 162 valence electrons. The van der Waals surface area contributed by atoms with Gasteiger partial charge in [-0.1, -0.05) is 27.7 Å². The molecule has 0 aliphatic carbocycles. The molecule has 3 heterocycles. The highest BCUT2D eigenvalue weighted by Gasteiger charge is 2.22.